The van der Waals surface area contributed by atoms with Gasteiger partial charge in [-0.05, 0) is 18.2 Å². The van der Waals surface area contributed by atoms with Crippen LogP contribution in [0.5, 0.6) is 5.75 Å². The van der Waals surface area contributed by atoms with E-state index in [9.17, 15) is 8.78 Å². The molecule has 2 aromatic rings. The van der Waals surface area contributed by atoms with Gasteiger partial charge in [0.1, 0.15) is 17.1 Å². The van der Waals surface area contributed by atoms with E-state index in [-0.39, 0.29) is 11.7 Å². The van der Waals surface area contributed by atoms with E-state index in [1.165, 1.54) is 6.07 Å². The van der Waals surface area contributed by atoms with E-state index in [1.54, 1.807) is 18.2 Å². The summed E-state index contributed by atoms with van der Waals surface area (Å²) in [6.07, 6.45) is 0. The van der Waals surface area contributed by atoms with Crippen LogP contribution in [0.25, 0.3) is 11.0 Å². The third-order valence-electron chi connectivity index (χ3n) is 2.33. The van der Waals surface area contributed by atoms with E-state index in [0.29, 0.717) is 11.0 Å². The van der Waals surface area contributed by atoms with E-state index >= 15 is 0 Å². The summed E-state index contributed by atoms with van der Waals surface area (Å²) in [6, 6.07) is 6.62. The summed E-state index contributed by atoms with van der Waals surface area (Å²) in [5, 5.41) is 0.589. The maximum absolute atomic E-state index is 12.2. The van der Waals surface area contributed by atoms with Crippen molar-refractivity contribution in [3.8, 4) is 5.75 Å². The van der Waals surface area contributed by atoms with Crippen molar-refractivity contribution in [1.82, 2.24) is 0 Å². The smallest absolute Gasteiger partial charge is 0.387 e. The SMILES string of the molecule is CC(C)c1cc2c(OC(F)F)cccc2o1. The third-order valence-corrected chi connectivity index (χ3v) is 2.33. The second-order valence-corrected chi connectivity index (χ2v) is 3.85. The maximum atomic E-state index is 12.2. The third kappa shape index (κ3) is 2.01. The van der Waals surface area contributed by atoms with Gasteiger partial charge in [-0.25, -0.2) is 0 Å². The highest BCUT2D eigenvalue weighted by atomic mass is 19.3. The fourth-order valence-electron chi connectivity index (χ4n) is 1.54. The van der Waals surface area contributed by atoms with Gasteiger partial charge in [0.2, 0.25) is 0 Å². The molecule has 0 aliphatic heterocycles. The first-order valence-electron chi connectivity index (χ1n) is 5.05. The number of halogens is 2. The van der Waals surface area contributed by atoms with Crippen LogP contribution >= 0.6 is 0 Å². The Morgan fingerprint density at radius 3 is 2.62 bits per heavy atom. The normalized spacial score (nSPS) is 11.6. The van der Waals surface area contributed by atoms with Gasteiger partial charge in [0.05, 0.1) is 5.39 Å². The number of benzene rings is 1. The van der Waals surface area contributed by atoms with Crippen molar-refractivity contribution in [2.75, 3.05) is 0 Å². The summed E-state index contributed by atoms with van der Waals surface area (Å²) in [6.45, 7) is 1.14. The van der Waals surface area contributed by atoms with E-state index in [4.69, 9.17) is 4.42 Å². The topological polar surface area (TPSA) is 22.4 Å². The summed E-state index contributed by atoms with van der Waals surface area (Å²) >= 11 is 0. The van der Waals surface area contributed by atoms with Crippen LogP contribution in [0.2, 0.25) is 0 Å². The molecule has 86 valence electrons. The highest BCUT2D eigenvalue weighted by Crippen LogP contribution is 2.32. The van der Waals surface area contributed by atoms with Gasteiger partial charge in [-0.1, -0.05) is 19.9 Å². The summed E-state index contributed by atoms with van der Waals surface area (Å²) < 4.78 is 34.3. The van der Waals surface area contributed by atoms with Crippen molar-refractivity contribution in [2.24, 2.45) is 0 Å². The zero-order valence-electron chi connectivity index (χ0n) is 9.04. The first kappa shape index (κ1) is 10.9. The fourth-order valence-corrected chi connectivity index (χ4v) is 1.54. The molecule has 0 bridgehead atoms. The Labute approximate surface area is 91.8 Å². The van der Waals surface area contributed by atoms with E-state index in [2.05, 4.69) is 4.74 Å². The molecule has 0 saturated heterocycles. The lowest BCUT2D eigenvalue weighted by Gasteiger charge is -2.03. The Bertz CT molecular complexity index is 489. The molecule has 4 heteroatoms. The molecule has 0 aliphatic rings. The van der Waals surface area contributed by atoms with Gasteiger partial charge in [0.25, 0.3) is 0 Å². The fraction of sp³-hybridized carbons (Fsp3) is 0.333. The molecular weight excluding hydrogens is 214 g/mol. The van der Waals surface area contributed by atoms with Crippen LogP contribution in [0.4, 0.5) is 8.78 Å². The number of hydrogen-bond donors (Lipinski definition) is 0. The van der Waals surface area contributed by atoms with Crippen molar-refractivity contribution in [3.05, 3.63) is 30.0 Å². The molecule has 0 N–H and O–H groups in total. The lowest BCUT2D eigenvalue weighted by atomic mass is 10.1. The molecule has 0 aliphatic carbocycles. The standard InChI is InChI=1S/C12H12F2O2/c1-7(2)11-6-8-9(15-11)4-3-5-10(8)16-12(13)14/h3-7,12H,1-2H3. The quantitative estimate of drug-likeness (QED) is 0.784. The van der Waals surface area contributed by atoms with Gasteiger partial charge in [0, 0.05) is 5.92 Å². The molecule has 0 fully saturated rings. The van der Waals surface area contributed by atoms with E-state index in [0.717, 1.165) is 5.76 Å². The minimum absolute atomic E-state index is 0.156. The number of rotatable bonds is 3. The van der Waals surface area contributed by atoms with Gasteiger partial charge in [-0.3, -0.25) is 0 Å². The molecule has 0 amide bonds. The number of alkyl halides is 2. The summed E-state index contributed by atoms with van der Waals surface area (Å²) in [5.41, 5.74) is 0.571. The average molecular weight is 226 g/mol. The summed E-state index contributed by atoms with van der Waals surface area (Å²) in [4.78, 5) is 0. The highest BCUT2D eigenvalue weighted by Gasteiger charge is 2.13. The zero-order valence-corrected chi connectivity index (χ0v) is 9.04. The molecule has 1 aromatic carbocycles. The van der Waals surface area contributed by atoms with Crippen LogP contribution in [0.1, 0.15) is 25.5 Å². The molecule has 2 rings (SSSR count). The Morgan fingerprint density at radius 1 is 1.25 bits per heavy atom. The van der Waals surface area contributed by atoms with Crippen molar-refractivity contribution in [2.45, 2.75) is 26.4 Å². The first-order valence-corrected chi connectivity index (χ1v) is 5.05. The summed E-state index contributed by atoms with van der Waals surface area (Å²) in [7, 11) is 0. The minimum Gasteiger partial charge on any atom is -0.461 e. The average Bonchev–Trinajstić information content (AvgIpc) is 2.61. The molecule has 1 aromatic heterocycles. The molecule has 1 heterocycles. The Morgan fingerprint density at radius 2 is 2.00 bits per heavy atom. The van der Waals surface area contributed by atoms with Gasteiger partial charge >= 0.3 is 6.61 Å². The first-order chi connectivity index (χ1) is 7.58. The Hall–Kier alpha value is -1.58. The van der Waals surface area contributed by atoms with Crippen molar-refractivity contribution >= 4 is 11.0 Å². The lowest BCUT2D eigenvalue weighted by molar-refractivity contribution is -0.0487. The highest BCUT2D eigenvalue weighted by molar-refractivity contribution is 5.84. The number of hydrogen-bond acceptors (Lipinski definition) is 2. The van der Waals surface area contributed by atoms with Crippen LogP contribution < -0.4 is 4.74 Å². The number of ether oxygens (including phenoxy) is 1. The monoisotopic (exact) mass is 226 g/mol. The predicted molar refractivity (Wildman–Crippen MR) is 56.9 cm³/mol. The maximum Gasteiger partial charge on any atom is 0.387 e. The van der Waals surface area contributed by atoms with Crippen LogP contribution in [0.15, 0.2) is 28.7 Å². The number of furan rings is 1. The van der Waals surface area contributed by atoms with Crippen LogP contribution in [-0.4, -0.2) is 6.61 Å². The van der Waals surface area contributed by atoms with Crippen molar-refractivity contribution < 1.29 is 17.9 Å². The minimum atomic E-state index is -2.82. The summed E-state index contributed by atoms with van der Waals surface area (Å²) in [5.74, 6) is 1.13. The van der Waals surface area contributed by atoms with Crippen molar-refractivity contribution in [3.63, 3.8) is 0 Å². The predicted octanol–water partition coefficient (Wildman–Crippen LogP) is 4.16. The van der Waals surface area contributed by atoms with Crippen molar-refractivity contribution in [1.29, 1.82) is 0 Å². The van der Waals surface area contributed by atoms with Crippen LogP contribution in [0, 0.1) is 0 Å². The molecule has 2 nitrogen and oxygen atoms in total. The molecule has 0 spiro atoms. The Balaban J connectivity index is 2.50. The number of fused-ring (bicyclic) bond motifs is 1. The molecule has 0 saturated carbocycles. The molecular formula is C12H12F2O2. The van der Waals surface area contributed by atoms with Gasteiger partial charge in [0.15, 0.2) is 0 Å². The van der Waals surface area contributed by atoms with E-state index < -0.39 is 6.61 Å². The van der Waals surface area contributed by atoms with E-state index in [1.807, 2.05) is 13.8 Å². The van der Waals surface area contributed by atoms with Gasteiger partial charge in [-0.15, -0.1) is 0 Å². The Kier molecular flexibility index (Phi) is 2.81. The van der Waals surface area contributed by atoms with Gasteiger partial charge in [-0.2, -0.15) is 8.78 Å². The largest absolute Gasteiger partial charge is 0.461 e. The zero-order chi connectivity index (χ0) is 11.7. The molecule has 16 heavy (non-hydrogen) atoms. The molecule has 0 atom stereocenters. The lowest BCUT2D eigenvalue weighted by Crippen LogP contribution is -2.01. The molecule has 0 unspecified atom stereocenters. The molecule has 0 radical (unpaired) electrons. The van der Waals surface area contributed by atoms with Gasteiger partial charge < -0.3 is 9.15 Å². The van der Waals surface area contributed by atoms with Crippen LogP contribution in [-0.2, 0) is 0 Å². The second kappa shape index (κ2) is 4.12. The van der Waals surface area contributed by atoms with Crippen LogP contribution in [0.3, 0.4) is 0 Å². The second-order valence-electron chi connectivity index (χ2n) is 3.85.